The molecule has 1 aromatic carbocycles. The zero-order valence-electron chi connectivity index (χ0n) is 18.0. The van der Waals surface area contributed by atoms with Crippen molar-refractivity contribution in [2.45, 2.75) is 13.5 Å². The molecular weight excluding hydrogens is 410 g/mol. The molecule has 9 heteroatoms. The van der Waals surface area contributed by atoms with Crippen LogP contribution in [0.1, 0.15) is 22.8 Å². The Bertz CT molecular complexity index is 1220. The van der Waals surface area contributed by atoms with Gasteiger partial charge in [-0.1, -0.05) is 6.07 Å². The lowest BCUT2D eigenvalue weighted by atomic mass is 10.1. The number of carbonyl (C=O) groups is 1. The van der Waals surface area contributed by atoms with Gasteiger partial charge in [0.05, 0.1) is 31.9 Å². The molecule has 0 fully saturated rings. The van der Waals surface area contributed by atoms with Gasteiger partial charge in [-0.25, -0.2) is 14.5 Å². The van der Waals surface area contributed by atoms with Gasteiger partial charge in [-0.15, -0.1) is 0 Å². The van der Waals surface area contributed by atoms with Crippen molar-refractivity contribution < 1.29 is 19.0 Å². The minimum absolute atomic E-state index is 0.254. The number of carbonyl (C=O) groups excluding carboxylic acids is 1. The molecule has 0 atom stereocenters. The molecule has 0 unspecified atom stereocenters. The van der Waals surface area contributed by atoms with Gasteiger partial charge >= 0.3 is 5.97 Å². The number of aromatic nitrogens is 4. The van der Waals surface area contributed by atoms with Gasteiger partial charge < -0.3 is 19.5 Å². The van der Waals surface area contributed by atoms with Crippen LogP contribution in [-0.4, -0.2) is 46.5 Å². The molecule has 0 aliphatic carbocycles. The van der Waals surface area contributed by atoms with Crippen LogP contribution in [0.25, 0.3) is 16.7 Å². The number of hydrogen-bond acceptors (Lipinski definition) is 8. The highest BCUT2D eigenvalue weighted by Crippen LogP contribution is 2.39. The van der Waals surface area contributed by atoms with Crippen molar-refractivity contribution in [1.29, 1.82) is 0 Å². The molecule has 0 spiro atoms. The zero-order valence-corrected chi connectivity index (χ0v) is 18.0. The van der Waals surface area contributed by atoms with Crippen LogP contribution in [0.3, 0.4) is 0 Å². The molecule has 0 amide bonds. The van der Waals surface area contributed by atoms with E-state index < -0.39 is 5.97 Å². The van der Waals surface area contributed by atoms with Crippen LogP contribution < -0.4 is 14.8 Å². The number of nitrogens with one attached hydrogen (secondary N) is 1. The lowest BCUT2D eigenvalue weighted by Crippen LogP contribution is -2.12. The van der Waals surface area contributed by atoms with E-state index in [0.29, 0.717) is 46.0 Å². The minimum Gasteiger partial charge on any atom is -0.496 e. The molecule has 0 radical (unpaired) electrons. The highest BCUT2D eigenvalue weighted by Gasteiger charge is 2.21. The number of anilines is 1. The molecule has 1 N–H and O–H groups in total. The van der Waals surface area contributed by atoms with E-state index in [1.54, 1.807) is 50.4 Å². The van der Waals surface area contributed by atoms with Gasteiger partial charge in [0.15, 0.2) is 5.82 Å². The Morgan fingerprint density at radius 3 is 2.53 bits per heavy atom. The van der Waals surface area contributed by atoms with Crippen LogP contribution in [0, 0.1) is 0 Å². The zero-order chi connectivity index (χ0) is 22.5. The average Bonchev–Trinajstić information content (AvgIpc) is 3.37. The summed E-state index contributed by atoms with van der Waals surface area (Å²) in [6, 6.07) is 9.22. The van der Waals surface area contributed by atoms with E-state index in [9.17, 15) is 4.79 Å². The quantitative estimate of drug-likeness (QED) is 0.421. The summed E-state index contributed by atoms with van der Waals surface area (Å²) in [4.78, 5) is 21.6. The number of hydrogen-bond donors (Lipinski definition) is 1. The molecule has 0 aliphatic heterocycles. The maximum Gasteiger partial charge on any atom is 0.341 e. The number of benzene rings is 1. The highest BCUT2D eigenvalue weighted by atomic mass is 16.5. The predicted molar refractivity (Wildman–Crippen MR) is 119 cm³/mol. The standard InChI is InChI=1S/C23H23N5O4/c1-4-32-23(29)16-14-26-22-18(31-3)8-7-17(30-2)20(22)21(16)25-13-15-6-9-19(24-12-15)28-11-5-10-27-28/h5-12,14H,4,13H2,1-3H3,(H,25,26). The summed E-state index contributed by atoms with van der Waals surface area (Å²) < 4.78 is 18.0. The molecule has 9 nitrogen and oxygen atoms in total. The largest absolute Gasteiger partial charge is 0.496 e. The van der Waals surface area contributed by atoms with Gasteiger partial charge in [0.1, 0.15) is 22.6 Å². The Hall–Kier alpha value is -4.14. The minimum atomic E-state index is -0.471. The molecule has 164 valence electrons. The fourth-order valence-electron chi connectivity index (χ4n) is 3.39. The summed E-state index contributed by atoms with van der Waals surface area (Å²) in [6.45, 7) is 2.43. The molecular formula is C23H23N5O4. The van der Waals surface area contributed by atoms with E-state index in [2.05, 4.69) is 20.4 Å². The van der Waals surface area contributed by atoms with Crippen molar-refractivity contribution in [3.05, 3.63) is 66.2 Å². The van der Waals surface area contributed by atoms with Gasteiger partial charge in [-0.05, 0) is 36.8 Å². The van der Waals surface area contributed by atoms with Crippen molar-refractivity contribution >= 4 is 22.6 Å². The van der Waals surface area contributed by atoms with Crippen LogP contribution in [0.4, 0.5) is 5.69 Å². The smallest absolute Gasteiger partial charge is 0.341 e. The maximum absolute atomic E-state index is 12.7. The van der Waals surface area contributed by atoms with E-state index >= 15 is 0 Å². The van der Waals surface area contributed by atoms with E-state index in [1.165, 1.54) is 6.20 Å². The third-order valence-corrected chi connectivity index (χ3v) is 4.90. The lowest BCUT2D eigenvalue weighted by molar-refractivity contribution is 0.0527. The Balaban J connectivity index is 1.73. The maximum atomic E-state index is 12.7. The number of nitrogens with zero attached hydrogens (tertiary/aromatic N) is 4. The number of fused-ring (bicyclic) bond motifs is 1. The number of ether oxygens (including phenoxy) is 3. The van der Waals surface area contributed by atoms with E-state index in [4.69, 9.17) is 14.2 Å². The number of esters is 1. The van der Waals surface area contributed by atoms with Gasteiger partial charge in [-0.3, -0.25) is 4.98 Å². The van der Waals surface area contributed by atoms with Crippen LogP contribution in [0.15, 0.2) is 55.1 Å². The van der Waals surface area contributed by atoms with E-state index in [1.807, 2.05) is 24.4 Å². The molecule has 0 saturated heterocycles. The SMILES string of the molecule is CCOC(=O)c1cnc2c(OC)ccc(OC)c2c1NCc1ccc(-n2cccn2)nc1. The fraction of sp³-hybridized carbons (Fsp3) is 0.217. The Morgan fingerprint density at radius 1 is 1.06 bits per heavy atom. The summed E-state index contributed by atoms with van der Waals surface area (Å²) in [6.07, 6.45) is 6.78. The molecule has 3 aromatic heterocycles. The lowest BCUT2D eigenvalue weighted by Gasteiger charge is -2.17. The van der Waals surface area contributed by atoms with Crippen LogP contribution in [-0.2, 0) is 11.3 Å². The molecule has 4 aromatic rings. The van der Waals surface area contributed by atoms with Crippen molar-refractivity contribution in [3.8, 4) is 17.3 Å². The van der Waals surface area contributed by atoms with Crippen LogP contribution >= 0.6 is 0 Å². The van der Waals surface area contributed by atoms with Gasteiger partial charge in [0.25, 0.3) is 0 Å². The normalized spacial score (nSPS) is 10.7. The van der Waals surface area contributed by atoms with E-state index in [-0.39, 0.29) is 6.61 Å². The second kappa shape index (κ2) is 9.34. The van der Waals surface area contributed by atoms with Crippen LogP contribution in [0.2, 0.25) is 0 Å². The first-order valence-electron chi connectivity index (χ1n) is 10.1. The third kappa shape index (κ3) is 4.04. The first-order valence-corrected chi connectivity index (χ1v) is 10.1. The highest BCUT2D eigenvalue weighted by molar-refractivity contribution is 6.08. The first kappa shape index (κ1) is 21.1. The third-order valence-electron chi connectivity index (χ3n) is 4.90. The summed E-state index contributed by atoms with van der Waals surface area (Å²) >= 11 is 0. The molecule has 0 aliphatic rings. The van der Waals surface area contributed by atoms with Gasteiger partial charge in [0.2, 0.25) is 0 Å². The summed E-state index contributed by atoms with van der Waals surface area (Å²) in [7, 11) is 3.14. The monoisotopic (exact) mass is 433 g/mol. The summed E-state index contributed by atoms with van der Waals surface area (Å²) in [5.41, 5.74) is 2.37. The Morgan fingerprint density at radius 2 is 1.88 bits per heavy atom. The van der Waals surface area contributed by atoms with Crippen molar-refractivity contribution in [2.75, 3.05) is 26.1 Å². The first-order chi connectivity index (χ1) is 15.7. The topological polar surface area (TPSA) is 100 Å². The molecule has 0 saturated carbocycles. The number of rotatable bonds is 8. The Kier molecular flexibility index (Phi) is 6.16. The fourth-order valence-corrected chi connectivity index (χ4v) is 3.39. The second-order valence-electron chi connectivity index (χ2n) is 6.79. The predicted octanol–water partition coefficient (Wildman–Crippen LogP) is 3.62. The average molecular weight is 433 g/mol. The summed E-state index contributed by atoms with van der Waals surface area (Å²) in [5, 5.41) is 8.17. The van der Waals surface area contributed by atoms with Gasteiger partial charge in [-0.2, -0.15) is 5.10 Å². The van der Waals surface area contributed by atoms with Crippen molar-refractivity contribution in [2.24, 2.45) is 0 Å². The van der Waals surface area contributed by atoms with E-state index in [0.717, 1.165) is 5.56 Å². The van der Waals surface area contributed by atoms with Crippen LogP contribution in [0.5, 0.6) is 11.5 Å². The van der Waals surface area contributed by atoms with Crippen molar-refractivity contribution in [3.63, 3.8) is 0 Å². The summed E-state index contributed by atoms with van der Waals surface area (Å²) in [5.74, 6) is 1.38. The molecule has 4 rings (SSSR count). The number of methoxy groups -OCH3 is 2. The Labute approximate surface area is 185 Å². The molecule has 0 bridgehead atoms. The molecule has 32 heavy (non-hydrogen) atoms. The number of pyridine rings is 2. The van der Waals surface area contributed by atoms with Gasteiger partial charge in [0, 0.05) is 31.3 Å². The molecule has 3 heterocycles. The van der Waals surface area contributed by atoms with Crippen molar-refractivity contribution in [1.82, 2.24) is 19.7 Å². The second-order valence-corrected chi connectivity index (χ2v) is 6.79.